The lowest BCUT2D eigenvalue weighted by Gasteiger charge is -2.29. The molecule has 230 valence electrons. The number of benzene rings is 1. The van der Waals surface area contributed by atoms with Crippen LogP contribution in [0.5, 0.6) is 5.75 Å². The first kappa shape index (κ1) is 32.3. The molecule has 0 unspecified atom stereocenters. The number of pyridine rings is 1. The molecule has 0 aliphatic carbocycles. The van der Waals surface area contributed by atoms with E-state index in [1.165, 1.54) is 12.2 Å². The van der Waals surface area contributed by atoms with Crippen molar-refractivity contribution in [1.29, 1.82) is 0 Å². The van der Waals surface area contributed by atoms with Crippen LogP contribution in [0.25, 0.3) is 0 Å². The van der Waals surface area contributed by atoms with E-state index < -0.39 is 84.9 Å². The highest BCUT2D eigenvalue weighted by Crippen LogP contribution is 2.49. The summed E-state index contributed by atoms with van der Waals surface area (Å²) in [5.74, 6) is -3.47. The SMILES string of the molecule is Cc1cc(C2=NO[C@](c3cc(OC(F)(F)F)cc(C(F)F)n3)(C(F)(F)F)C2)ccc1C(=O)NCC(=O)NCC(F)(F)F. The van der Waals surface area contributed by atoms with Gasteiger partial charge in [0.2, 0.25) is 5.91 Å². The van der Waals surface area contributed by atoms with Crippen LogP contribution in [0.1, 0.15) is 45.7 Å². The van der Waals surface area contributed by atoms with E-state index in [1.54, 1.807) is 0 Å². The van der Waals surface area contributed by atoms with Crippen LogP contribution >= 0.6 is 0 Å². The number of nitrogens with one attached hydrogen (secondary N) is 2. The molecule has 1 aliphatic heterocycles. The molecule has 1 aromatic carbocycles. The Balaban J connectivity index is 1.85. The number of halogens is 11. The molecule has 19 heteroatoms. The van der Waals surface area contributed by atoms with Gasteiger partial charge in [-0.1, -0.05) is 11.2 Å². The molecular formula is C23H17F11N4O4. The summed E-state index contributed by atoms with van der Waals surface area (Å²) in [6, 6.07) is 3.62. The molecule has 1 aliphatic rings. The lowest BCUT2D eigenvalue weighted by Crippen LogP contribution is -2.43. The van der Waals surface area contributed by atoms with Crippen LogP contribution in [0.3, 0.4) is 0 Å². The minimum atomic E-state index is -5.44. The molecule has 1 aromatic heterocycles. The summed E-state index contributed by atoms with van der Waals surface area (Å²) in [4.78, 5) is 31.6. The van der Waals surface area contributed by atoms with E-state index in [9.17, 15) is 57.9 Å². The van der Waals surface area contributed by atoms with Crippen LogP contribution in [0, 0.1) is 6.92 Å². The lowest BCUT2D eigenvalue weighted by atomic mass is 9.89. The molecule has 2 heterocycles. The summed E-state index contributed by atoms with van der Waals surface area (Å²) in [5.41, 5.74) is -6.97. The Bertz CT molecular complexity index is 1370. The summed E-state index contributed by atoms with van der Waals surface area (Å²) in [6.07, 6.45) is -20.4. The van der Waals surface area contributed by atoms with E-state index in [0.717, 1.165) is 18.2 Å². The van der Waals surface area contributed by atoms with Crippen molar-refractivity contribution in [3.8, 4) is 5.75 Å². The van der Waals surface area contributed by atoms with Crippen molar-refractivity contribution in [2.24, 2.45) is 5.16 Å². The van der Waals surface area contributed by atoms with Crippen molar-refractivity contribution >= 4 is 17.5 Å². The molecule has 2 amide bonds. The van der Waals surface area contributed by atoms with Crippen LogP contribution in [0.4, 0.5) is 48.3 Å². The van der Waals surface area contributed by atoms with Gasteiger partial charge in [0, 0.05) is 17.7 Å². The second-order valence-corrected chi connectivity index (χ2v) is 8.70. The highest BCUT2D eigenvalue weighted by molar-refractivity contribution is 6.04. The molecule has 0 saturated heterocycles. The Hall–Kier alpha value is -4.19. The Kier molecular flexibility index (Phi) is 8.92. The lowest BCUT2D eigenvalue weighted by molar-refractivity contribution is -0.279. The molecule has 42 heavy (non-hydrogen) atoms. The zero-order chi connectivity index (χ0) is 31.7. The van der Waals surface area contributed by atoms with E-state index in [0.29, 0.717) is 0 Å². The van der Waals surface area contributed by atoms with Gasteiger partial charge in [0.25, 0.3) is 17.9 Å². The number of oxime groups is 1. The van der Waals surface area contributed by atoms with Crippen molar-refractivity contribution in [1.82, 2.24) is 15.6 Å². The maximum absolute atomic E-state index is 14.3. The largest absolute Gasteiger partial charge is 0.573 e. The number of nitrogens with zero attached hydrogens (tertiary/aromatic N) is 2. The zero-order valence-corrected chi connectivity index (χ0v) is 20.8. The third-order valence-electron chi connectivity index (χ3n) is 5.58. The van der Waals surface area contributed by atoms with Gasteiger partial charge in [-0.3, -0.25) is 9.59 Å². The molecule has 0 saturated carbocycles. The number of aryl methyl sites for hydroxylation is 1. The van der Waals surface area contributed by atoms with Crippen LogP contribution < -0.4 is 15.4 Å². The average molecular weight is 622 g/mol. The number of ether oxygens (including phenoxy) is 1. The number of aromatic nitrogens is 1. The third-order valence-corrected chi connectivity index (χ3v) is 5.58. The number of rotatable bonds is 8. The van der Waals surface area contributed by atoms with Crippen molar-refractivity contribution in [3.63, 3.8) is 0 Å². The van der Waals surface area contributed by atoms with Crippen LogP contribution in [-0.2, 0) is 15.2 Å². The first-order chi connectivity index (χ1) is 19.2. The standard InChI is InChI=1S/C23H17F11N4O4/c1-10-4-11(2-3-13(10)19(40)35-8-17(39)36-9-21(26,27)28)15-7-20(42-38-15,22(29,30)31)16-6-12(41-23(32,33)34)5-14(37-16)18(24)25/h2-6,18H,7-9H2,1H3,(H,35,40)(H,36,39)/t20-/m1/s1. The molecule has 2 N–H and O–H groups in total. The normalized spacial score (nSPS) is 17.5. The summed E-state index contributed by atoms with van der Waals surface area (Å²) in [5, 5.41) is 6.97. The van der Waals surface area contributed by atoms with Gasteiger partial charge in [0.15, 0.2) is 0 Å². The number of hydrogen-bond donors (Lipinski definition) is 2. The fourth-order valence-corrected chi connectivity index (χ4v) is 3.67. The zero-order valence-electron chi connectivity index (χ0n) is 20.8. The van der Waals surface area contributed by atoms with Gasteiger partial charge in [-0.2, -0.15) is 26.3 Å². The quantitative estimate of drug-likeness (QED) is 0.394. The van der Waals surface area contributed by atoms with Crippen LogP contribution in [0.2, 0.25) is 0 Å². The van der Waals surface area contributed by atoms with Crippen molar-refractivity contribution in [2.45, 2.75) is 44.1 Å². The van der Waals surface area contributed by atoms with Crippen molar-refractivity contribution in [2.75, 3.05) is 13.1 Å². The third kappa shape index (κ3) is 7.75. The number of carbonyl (C=O) groups excluding carboxylic acids is 2. The Morgan fingerprint density at radius 2 is 1.69 bits per heavy atom. The predicted octanol–water partition coefficient (Wildman–Crippen LogP) is 5.22. The second-order valence-electron chi connectivity index (χ2n) is 8.70. The Labute approximate surface area is 227 Å². The maximum Gasteiger partial charge on any atom is 0.573 e. The topological polar surface area (TPSA) is 102 Å². The molecule has 2 aromatic rings. The van der Waals surface area contributed by atoms with Crippen molar-refractivity contribution < 1.29 is 67.5 Å². The summed E-state index contributed by atoms with van der Waals surface area (Å²) >= 11 is 0. The fraction of sp³-hybridized carbons (Fsp3) is 0.391. The summed E-state index contributed by atoms with van der Waals surface area (Å²) in [6.45, 7) is -1.13. The first-order valence-electron chi connectivity index (χ1n) is 11.3. The van der Waals surface area contributed by atoms with Crippen molar-refractivity contribution in [3.05, 3.63) is 58.4 Å². The number of alkyl halides is 11. The van der Waals surface area contributed by atoms with E-state index in [4.69, 9.17) is 0 Å². The number of hydrogen-bond acceptors (Lipinski definition) is 6. The van der Waals surface area contributed by atoms with Gasteiger partial charge in [0.05, 0.1) is 18.7 Å². The molecular weight excluding hydrogens is 605 g/mol. The second kappa shape index (κ2) is 11.6. The van der Waals surface area contributed by atoms with Crippen LogP contribution in [-0.4, -0.2) is 54.3 Å². The molecule has 0 bridgehead atoms. The summed E-state index contributed by atoms with van der Waals surface area (Å²) in [7, 11) is 0. The average Bonchev–Trinajstić information content (AvgIpc) is 3.31. The van der Waals surface area contributed by atoms with Gasteiger partial charge in [0.1, 0.15) is 23.7 Å². The minimum absolute atomic E-state index is 0.0742. The van der Waals surface area contributed by atoms with Gasteiger partial charge < -0.3 is 20.2 Å². The van der Waals surface area contributed by atoms with E-state index in [2.05, 4.69) is 25.0 Å². The van der Waals surface area contributed by atoms with Gasteiger partial charge in [-0.25, -0.2) is 13.8 Å². The molecule has 3 rings (SSSR count). The highest BCUT2D eigenvalue weighted by Gasteiger charge is 2.63. The molecule has 0 spiro atoms. The van der Waals surface area contributed by atoms with Gasteiger partial charge in [-0.15, -0.1) is 13.2 Å². The Morgan fingerprint density at radius 1 is 1.02 bits per heavy atom. The highest BCUT2D eigenvalue weighted by atomic mass is 19.4. The number of carbonyl (C=O) groups is 2. The van der Waals surface area contributed by atoms with Crippen LogP contribution in [0.15, 0.2) is 35.5 Å². The molecule has 0 fully saturated rings. The molecule has 8 nitrogen and oxygen atoms in total. The smallest absolute Gasteiger partial charge is 0.406 e. The molecule has 0 radical (unpaired) electrons. The monoisotopic (exact) mass is 622 g/mol. The predicted molar refractivity (Wildman–Crippen MR) is 118 cm³/mol. The Morgan fingerprint density at radius 3 is 2.24 bits per heavy atom. The van der Waals surface area contributed by atoms with E-state index in [-0.39, 0.29) is 28.8 Å². The maximum atomic E-state index is 14.3. The van der Waals surface area contributed by atoms with E-state index in [1.807, 2.05) is 0 Å². The van der Waals surface area contributed by atoms with Gasteiger partial charge >= 0.3 is 18.7 Å². The van der Waals surface area contributed by atoms with Gasteiger partial charge in [-0.05, 0) is 30.2 Å². The summed E-state index contributed by atoms with van der Waals surface area (Å²) < 4.78 is 148. The molecule has 1 atom stereocenters. The number of amides is 2. The first-order valence-corrected chi connectivity index (χ1v) is 11.3. The van der Waals surface area contributed by atoms with E-state index >= 15 is 0 Å². The minimum Gasteiger partial charge on any atom is -0.406 e. The fourth-order valence-electron chi connectivity index (χ4n) is 3.67.